The van der Waals surface area contributed by atoms with Crippen LogP contribution in [-0.4, -0.2) is 62.6 Å². The molecule has 10 nitrogen and oxygen atoms in total. The summed E-state index contributed by atoms with van der Waals surface area (Å²) in [6.07, 6.45) is 1.07. The fourth-order valence-electron chi connectivity index (χ4n) is 2.81. The van der Waals surface area contributed by atoms with Crippen molar-refractivity contribution in [1.29, 1.82) is 0 Å². The number of nitrogens with zero attached hydrogens (tertiary/aromatic N) is 2. The third-order valence-electron chi connectivity index (χ3n) is 5.56. The largest absolute Gasteiger partial charge is 0.411 e. The summed E-state index contributed by atoms with van der Waals surface area (Å²) >= 11 is 0. The topological polar surface area (TPSA) is 143 Å². The van der Waals surface area contributed by atoms with Crippen molar-refractivity contribution in [1.82, 2.24) is 9.55 Å². The molecule has 1 fully saturated rings. The monoisotopic (exact) mass is 449 g/mol. The summed E-state index contributed by atoms with van der Waals surface area (Å²) in [6.45, 7) is 9.29. The minimum Gasteiger partial charge on any atom is -0.411 e. The average molecular weight is 450 g/mol. The van der Waals surface area contributed by atoms with Gasteiger partial charge in [0.05, 0.1) is 19.0 Å². The van der Waals surface area contributed by atoms with Crippen LogP contribution >= 0.6 is 0 Å². The van der Waals surface area contributed by atoms with Gasteiger partial charge in [0.1, 0.15) is 24.3 Å². The predicted molar refractivity (Wildman–Crippen MR) is 110 cm³/mol. The molecule has 0 unspecified atom stereocenters. The first-order valence-electron chi connectivity index (χ1n) is 9.26. The van der Waals surface area contributed by atoms with Gasteiger partial charge in [-0.15, -0.1) is 0 Å². The number of rotatable bonds is 7. The van der Waals surface area contributed by atoms with Crippen LogP contribution < -0.4 is 11.4 Å². The Balaban J connectivity index is 2.43. The van der Waals surface area contributed by atoms with Crippen LogP contribution in [0.15, 0.2) is 17.1 Å². The molecule has 3 N–H and O–H groups in total. The van der Waals surface area contributed by atoms with E-state index >= 15 is 0 Å². The number of aromatic nitrogens is 2. The SMILES string of the molecule is CC(C)(C)[Si](C)(C)O[C@H]1C[C@H](n2ccc(N)nc2=O)O[C@@]1(CO)COS(C)(=O)=O. The Hall–Kier alpha value is -1.31. The second kappa shape index (κ2) is 8.08. The van der Waals surface area contributed by atoms with E-state index in [0.29, 0.717) is 0 Å². The third kappa shape index (κ3) is 5.44. The Morgan fingerprint density at radius 1 is 1.45 bits per heavy atom. The number of aliphatic hydroxyl groups excluding tert-OH is 1. The van der Waals surface area contributed by atoms with Crippen molar-refractivity contribution in [2.24, 2.45) is 0 Å². The van der Waals surface area contributed by atoms with Gasteiger partial charge in [0.25, 0.3) is 10.1 Å². The van der Waals surface area contributed by atoms with Gasteiger partial charge in [0, 0.05) is 12.6 Å². The van der Waals surface area contributed by atoms with E-state index in [-0.39, 0.29) is 17.3 Å². The van der Waals surface area contributed by atoms with E-state index in [1.807, 2.05) is 13.1 Å². The van der Waals surface area contributed by atoms with Crippen molar-refractivity contribution in [3.63, 3.8) is 0 Å². The number of hydrogen-bond donors (Lipinski definition) is 2. The van der Waals surface area contributed by atoms with Crippen LogP contribution in [0.3, 0.4) is 0 Å². The van der Waals surface area contributed by atoms with E-state index in [0.717, 1.165) is 6.26 Å². The lowest BCUT2D eigenvalue weighted by Crippen LogP contribution is -2.54. The van der Waals surface area contributed by atoms with Gasteiger partial charge in [-0.2, -0.15) is 13.4 Å². The molecular formula is C17H31N3O7SSi. The zero-order valence-corrected chi connectivity index (χ0v) is 19.5. The highest BCUT2D eigenvalue weighted by Gasteiger charge is 2.54. The van der Waals surface area contributed by atoms with Gasteiger partial charge in [-0.05, 0) is 24.2 Å². The second-order valence-electron chi connectivity index (χ2n) is 8.91. The maximum atomic E-state index is 12.3. The first-order valence-corrected chi connectivity index (χ1v) is 14.0. The van der Waals surface area contributed by atoms with Crippen LogP contribution in [0.5, 0.6) is 0 Å². The third-order valence-corrected chi connectivity index (χ3v) is 10.6. The van der Waals surface area contributed by atoms with Gasteiger partial charge >= 0.3 is 5.69 Å². The molecule has 0 bridgehead atoms. The zero-order chi connectivity index (χ0) is 22.3. The Labute approximate surface area is 172 Å². The van der Waals surface area contributed by atoms with Crippen molar-refractivity contribution < 1.29 is 26.9 Å². The van der Waals surface area contributed by atoms with Crippen LogP contribution in [-0.2, 0) is 23.5 Å². The smallest absolute Gasteiger partial charge is 0.351 e. The molecule has 0 spiro atoms. The molecule has 1 aliphatic heterocycles. The molecule has 0 aromatic carbocycles. The summed E-state index contributed by atoms with van der Waals surface area (Å²) in [5.74, 6) is 0.0761. The molecule has 3 atom stereocenters. The molecule has 1 aromatic heterocycles. The molecular weight excluding hydrogens is 418 g/mol. The molecule has 0 amide bonds. The van der Waals surface area contributed by atoms with Gasteiger partial charge in [-0.1, -0.05) is 20.8 Å². The minimum absolute atomic E-state index is 0.0761. The number of anilines is 1. The van der Waals surface area contributed by atoms with Gasteiger partial charge in [-0.25, -0.2) is 4.79 Å². The second-order valence-corrected chi connectivity index (χ2v) is 15.3. The number of hydrogen-bond acceptors (Lipinski definition) is 9. The Morgan fingerprint density at radius 3 is 2.55 bits per heavy atom. The molecule has 1 aliphatic rings. The molecule has 1 aromatic rings. The van der Waals surface area contributed by atoms with E-state index in [1.165, 1.54) is 16.8 Å². The van der Waals surface area contributed by atoms with E-state index in [4.69, 9.17) is 19.1 Å². The van der Waals surface area contributed by atoms with Crippen molar-refractivity contribution in [3.8, 4) is 0 Å². The Bertz CT molecular complexity index is 897. The highest BCUT2D eigenvalue weighted by molar-refractivity contribution is 7.85. The molecule has 2 heterocycles. The number of nitrogen functional groups attached to an aromatic ring is 1. The maximum Gasteiger partial charge on any atom is 0.351 e. The van der Waals surface area contributed by atoms with E-state index < -0.39 is 55.3 Å². The number of aliphatic hydroxyl groups is 1. The van der Waals surface area contributed by atoms with Crippen LogP contribution in [0, 0.1) is 0 Å². The zero-order valence-electron chi connectivity index (χ0n) is 17.7. The molecule has 166 valence electrons. The van der Waals surface area contributed by atoms with E-state index in [9.17, 15) is 18.3 Å². The van der Waals surface area contributed by atoms with Crippen molar-refractivity contribution in [2.75, 3.05) is 25.2 Å². The highest BCUT2D eigenvalue weighted by atomic mass is 32.2. The maximum absolute atomic E-state index is 12.3. The van der Waals surface area contributed by atoms with Crippen molar-refractivity contribution >= 4 is 24.3 Å². The quantitative estimate of drug-likeness (QED) is 0.457. The van der Waals surface area contributed by atoms with E-state index in [1.54, 1.807) is 0 Å². The molecule has 0 radical (unpaired) electrons. The van der Waals surface area contributed by atoms with Gasteiger partial charge in [0.2, 0.25) is 0 Å². The lowest BCUT2D eigenvalue weighted by atomic mass is 9.99. The molecule has 2 rings (SSSR count). The normalized spacial score (nSPS) is 26.0. The summed E-state index contributed by atoms with van der Waals surface area (Å²) in [6, 6.07) is 1.46. The minimum atomic E-state index is -3.78. The Kier molecular flexibility index (Phi) is 6.67. The first kappa shape index (κ1) is 24.0. The summed E-state index contributed by atoms with van der Waals surface area (Å²) in [5, 5.41) is 10.0. The summed E-state index contributed by atoms with van der Waals surface area (Å²) in [4.78, 5) is 16.0. The van der Waals surface area contributed by atoms with Gasteiger partial charge < -0.3 is 20.0 Å². The highest BCUT2D eigenvalue weighted by Crippen LogP contribution is 2.44. The van der Waals surface area contributed by atoms with Crippen LogP contribution in [0.25, 0.3) is 0 Å². The van der Waals surface area contributed by atoms with Crippen molar-refractivity contribution in [2.45, 2.75) is 63.3 Å². The molecule has 29 heavy (non-hydrogen) atoms. The van der Waals surface area contributed by atoms with Crippen LogP contribution in [0.2, 0.25) is 18.1 Å². The summed E-state index contributed by atoms with van der Waals surface area (Å²) in [5.41, 5.74) is 3.48. The van der Waals surface area contributed by atoms with Gasteiger partial charge in [-0.3, -0.25) is 8.75 Å². The van der Waals surface area contributed by atoms with Crippen LogP contribution in [0.4, 0.5) is 5.82 Å². The lowest BCUT2D eigenvalue weighted by Gasteiger charge is -2.42. The summed E-state index contributed by atoms with van der Waals surface area (Å²) < 4.78 is 41.8. The number of ether oxygens (including phenoxy) is 1. The van der Waals surface area contributed by atoms with E-state index in [2.05, 4.69) is 25.8 Å². The Morgan fingerprint density at radius 2 is 2.07 bits per heavy atom. The molecule has 0 aliphatic carbocycles. The lowest BCUT2D eigenvalue weighted by molar-refractivity contribution is -0.142. The fourth-order valence-corrected chi connectivity index (χ4v) is 4.60. The average Bonchev–Trinajstić information content (AvgIpc) is 2.89. The first-order chi connectivity index (χ1) is 13.1. The van der Waals surface area contributed by atoms with Crippen molar-refractivity contribution in [3.05, 3.63) is 22.7 Å². The standard InChI is InChI=1S/C17H31N3O7SSi/c1-16(2,3)29(5,6)27-12-9-14(20-8-7-13(18)19-15(20)22)26-17(12,10-21)11-25-28(4,23)24/h7-8,12,14,21H,9-11H2,1-6H3,(H2,18,19,22)/t12-,14+,17-/m0/s1. The predicted octanol–water partition coefficient (Wildman–Crippen LogP) is 0.842. The summed E-state index contributed by atoms with van der Waals surface area (Å²) in [7, 11) is -6.11. The van der Waals surface area contributed by atoms with Gasteiger partial charge in [0.15, 0.2) is 8.32 Å². The van der Waals surface area contributed by atoms with Crippen LogP contribution in [0.1, 0.15) is 33.4 Å². The number of nitrogens with two attached hydrogens (primary N) is 1. The molecule has 12 heteroatoms. The molecule has 1 saturated heterocycles. The fraction of sp³-hybridized carbons (Fsp3) is 0.765. The molecule has 0 saturated carbocycles.